The summed E-state index contributed by atoms with van der Waals surface area (Å²) >= 11 is 0. The maximum atomic E-state index is 5.40. The summed E-state index contributed by atoms with van der Waals surface area (Å²) in [7, 11) is 3.25. The molecule has 2 aromatic heterocycles. The molecule has 0 bridgehead atoms. The van der Waals surface area contributed by atoms with Gasteiger partial charge in [-0.1, -0.05) is 6.07 Å². The second kappa shape index (κ2) is 8.15. The minimum Gasteiger partial charge on any atom is -0.497 e. The number of pyridine rings is 1. The molecule has 0 radical (unpaired) electrons. The predicted octanol–water partition coefficient (Wildman–Crippen LogP) is 3.55. The Labute approximate surface area is 152 Å². The Kier molecular flexibility index (Phi) is 5.48. The highest BCUT2D eigenvalue weighted by Gasteiger charge is 2.08. The predicted molar refractivity (Wildman–Crippen MR) is 101 cm³/mol. The monoisotopic (exact) mass is 351 g/mol. The standard InChI is InChI=1S/C19H21N5O2/c1-13-10-18(23-16-11-15(25-2)7-8-17(16)26-3)24-19(22-13)21-12-14-6-4-5-9-20-14/h4-11H,12H2,1-3H3,(H2,21,22,23,24). The van der Waals surface area contributed by atoms with Gasteiger partial charge in [-0.15, -0.1) is 0 Å². The zero-order valence-electron chi connectivity index (χ0n) is 15.0. The van der Waals surface area contributed by atoms with Gasteiger partial charge >= 0.3 is 0 Å². The summed E-state index contributed by atoms with van der Waals surface area (Å²) in [4.78, 5) is 13.2. The van der Waals surface area contributed by atoms with E-state index in [0.717, 1.165) is 22.8 Å². The van der Waals surface area contributed by atoms with Crippen LogP contribution in [0.4, 0.5) is 17.5 Å². The van der Waals surface area contributed by atoms with Crippen molar-refractivity contribution < 1.29 is 9.47 Å². The van der Waals surface area contributed by atoms with E-state index in [-0.39, 0.29) is 0 Å². The zero-order chi connectivity index (χ0) is 18.4. The van der Waals surface area contributed by atoms with Crippen molar-refractivity contribution in [2.24, 2.45) is 0 Å². The third-order valence-electron chi connectivity index (χ3n) is 3.68. The van der Waals surface area contributed by atoms with Crippen LogP contribution in [0, 0.1) is 6.92 Å². The van der Waals surface area contributed by atoms with Gasteiger partial charge in [0.25, 0.3) is 0 Å². The average molecular weight is 351 g/mol. The third-order valence-corrected chi connectivity index (χ3v) is 3.68. The molecule has 7 nitrogen and oxygen atoms in total. The number of methoxy groups -OCH3 is 2. The van der Waals surface area contributed by atoms with E-state index in [1.54, 1.807) is 20.4 Å². The van der Waals surface area contributed by atoms with Gasteiger partial charge < -0.3 is 20.1 Å². The van der Waals surface area contributed by atoms with Gasteiger partial charge in [0, 0.05) is 24.0 Å². The van der Waals surface area contributed by atoms with E-state index >= 15 is 0 Å². The van der Waals surface area contributed by atoms with Gasteiger partial charge in [-0.3, -0.25) is 4.98 Å². The lowest BCUT2D eigenvalue weighted by molar-refractivity contribution is 0.405. The molecule has 0 spiro atoms. The van der Waals surface area contributed by atoms with E-state index in [9.17, 15) is 0 Å². The number of hydrogen-bond acceptors (Lipinski definition) is 7. The maximum Gasteiger partial charge on any atom is 0.225 e. The van der Waals surface area contributed by atoms with Crippen LogP contribution in [-0.2, 0) is 6.54 Å². The first kappa shape index (κ1) is 17.5. The van der Waals surface area contributed by atoms with E-state index in [4.69, 9.17) is 9.47 Å². The van der Waals surface area contributed by atoms with Gasteiger partial charge in [-0.05, 0) is 31.2 Å². The van der Waals surface area contributed by atoms with Gasteiger partial charge in [0.05, 0.1) is 32.1 Å². The van der Waals surface area contributed by atoms with Gasteiger partial charge in [0.15, 0.2) is 0 Å². The first-order valence-corrected chi connectivity index (χ1v) is 8.16. The van der Waals surface area contributed by atoms with Crippen molar-refractivity contribution in [3.05, 3.63) is 60.0 Å². The summed E-state index contributed by atoms with van der Waals surface area (Å²) < 4.78 is 10.7. The molecule has 0 amide bonds. The molecule has 1 aromatic carbocycles. The number of aryl methyl sites for hydroxylation is 1. The first-order valence-electron chi connectivity index (χ1n) is 8.16. The molecular formula is C19H21N5O2. The van der Waals surface area contributed by atoms with E-state index in [1.165, 1.54) is 0 Å². The first-order chi connectivity index (χ1) is 12.7. The molecule has 2 N–H and O–H groups in total. The summed E-state index contributed by atoms with van der Waals surface area (Å²) in [6.45, 7) is 2.47. The Morgan fingerprint density at radius 2 is 1.88 bits per heavy atom. The molecule has 0 saturated heterocycles. The molecule has 0 aliphatic heterocycles. The molecule has 134 valence electrons. The topological polar surface area (TPSA) is 81.2 Å². The van der Waals surface area contributed by atoms with Crippen LogP contribution in [0.2, 0.25) is 0 Å². The molecule has 0 atom stereocenters. The molecule has 0 aliphatic carbocycles. The molecule has 2 heterocycles. The number of nitrogens with one attached hydrogen (secondary N) is 2. The van der Waals surface area contributed by atoms with Crippen LogP contribution in [0.15, 0.2) is 48.7 Å². The minimum atomic E-state index is 0.528. The number of anilines is 3. The number of aromatic nitrogens is 3. The molecule has 3 aromatic rings. The third kappa shape index (κ3) is 4.38. The van der Waals surface area contributed by atoms with Gasteiger partial charge in [-0.25, -0.2) is 4.98 Å². The Bertz CT molecular complexity index is 871. The largest absolute Gasteiger partial charge is 0.497 e. The molecule has 0 unspecified atom stereocenters. The number of rotatable bonds is 7. The van der Waals surface area contributed by atoms with Crippen LogP contribution in [0.5, 0.6) is 11.5 Å². The lowest BCUT2D eigenvalue weighted by Crippen LogP contribution is -2.07. The molecule has 0 fully saturated rings. The van der Waals surface area contributed by atoms with Crippen molar-refractivity contribution >= 4 is 17.5 Å². The summed E-state index contributed by atoms with van der Waals surface area (Å²) in [5.74, 6) is 2.62. The Hall–Kier alpha value is -3.35. The highest BCUT2D eigenvalue weighted by molar-refractivity contribution is 5.67. The van der Waals surface area contributed by atoms with Crippen LogP contribution in [0.25, 0.3) is 0 Å². The normalized spacial score (nSPS) is 10.3. The van der Waals surface area contributed by atoms with Crippen molar-refractivity contribution in [2.75, 3.05) is 24.9 Å². The van der Waals surface area contributed by atoms with Gasteiger partial charge in [-0.2, -0.15) is 4.98 Å². The average Bonchev–Trinajstić information content (AvgIpc) is 2.66. The van der Waals surface area contributed by atoms with E-state index in [1.807, 2.05) is 49.4 Å². The van der Waals surface area contributed by atoms with Crippen LogP contribution in [0.3, 0.4) is 0 Å². The van der Waals surface area contributed by atoms with Crippen LogP contribution < -0.4 is 20.1 Å². The smallest absolute Gasteiger partial charge is 0.225 e. The number of hydrogen-bond donors (Lipinski definition) is 2. The van der Waals surface area contributed by atoms with Crippen molar-refractivity contribution in [3.8, 4) is 11.5 Å². The van der Waals surface area contributed by atoms with Crippen molar-refractivity contribution in [2.45, 2.75) is 13.5 Å². The lowest BCUT2D eigenvalue weighted by Gasteiger charge is -2.13. The molecular weight excluding hydrogens is 330 g/mol. The fraction of sp³-hybridized carbons (Fsp3) is 0.211. The molecule has 0 saturated carbocycles. The fourth-order valence-electron chi connectivity index (χ4n) is 2.43. The molecule has 0 aliphatic rings. The van der Waals surface area contributed by atoms with E-state index in [0.29, 0.717) is 24.1 Å². The maximum absolute atomic E-state index is 5.40. The van der Waals surface area contributed by atoms with Crippen LogP contribution in [-0.4, -0.2) is 29.2 Å². The number of nitrogens with zero attached hydrogens (tertiary/aromatic N) is 3. The summed E-state index contributed by atoms with van der Waals surface area (Å²) in [5, 5.41) is 6.46. The van der Waals surface area contributed by atoms with Gasteiger partial charge in [0.1, 0.15) is 17.3 Å². The van der Waals surface area contributed by atoms with Crippen LogP contribution in [0.1, 0.15) is 11.4 Å². The molecule has 7 heteroatoms. The Morgan fingerprint density at radius 1 is 1.00 bits per heavy atom. The number of ether oxygens (including phenoxy) is 2. The quantitative estimate of drug-likeness (QED) is 0.673. The fourth-order valence-corrected chi connectivity index (χ4v) is 2.43. The highest BCUT2D eigenvalue weighted by atomic mass is 16.5. The van der Waals surface area contributed by atoms with Crippen LogP contribution >= 0.6 is 0 Å². The van der Waals surface area contributed by atoms with E-state index in [2.05, 4.69) is 25.6 Å². The number of benzene rings is 1. The summed E-state index contributed by atoms with van der Waals surface area (Å²) in [6.07, 6.45) is 1.76. The second-order valence-electron chi connectivity index (χ2n) is 5.58. The molecule has 26 heavy (non-hydrogen) atoms. The summed E-state index contributed by atoms with van der Waals surface area (Å²) in [5.41, 5.74) is 2.52. The Morgan fingerprint density at radius 3 is 2.62 bits per heavy atom. The minimum absolute atomic E-state index is 0.528. The van der Waals surface area contributed by atoms with Gasteiger partial charge in [0.2, 0.25) is 5.95 Å². The Balaban J connectivity index is 1.79. The van der Waals surface area contributed by atoms with E-state index < -0.39 is 0 Å². The van der Waals surface area contributed by atoms with Crippen molar-refractivity contribution in [1.82, 2.24) is 15.0 Å². The summed E-state index contributed by atoms with van der Waals surface area (Å²) in [6, 6.07) is 13.2. The SMILES string of the molecule is COc1ccc(OC)c(Nc2cc(C)nc(NCc3ccccn3)n2)c1. The van der Waals surface area contributed by atoms with Crippen molar-refractivity contribution in [1.29, 1.82) is 0 Å². The van der Waals surface area contributed by atoms with Crippen molar-refractivity contribution in [3.63, 3.8) is 0 Å². The highest BCUT2D eigenvalue weighted by Crippen LogP contribution is 2.31. The zero-order valence-corrected chi connectivity index (χ0v) is 15.0. The molecule has 3 rings (SSSR count). The lowest BCUT2D eigenvalue weighted by atomic mass is 10.2. The second-order valence-corrected chi connectivity index (χ2v) is 5.58.